The summed E-state index contributed by atoms with van der Waals surface area (Å²) in [7, 11) is 3.12. The fraction of sp³-hybridized carbons (Fsp3) is 0.200. The molecule has 0 radical (unpaired) electrons. The molecule has 0 bridgehead atoms. The van der Waals surface area contributed by atoms with Gasteiger partial charge < -0.3 is 14.8 Å². The van der Waals surface area contributed by atoms with Crippen molar-refractivity contribution < 1.29 is 13.9 Å². The fourth-order valence-corrected chi connectivity index (χ4v) is 2.50. The number of nitrogens with one attached hydrogen (secondary N) is 1. The van der Waals surface area contributed by atoms with Crippen molar-refractivity contribution in [3.63, 3.8) is 0 Å². The first-order valence-electron chi connectivity index (χ1n) is 6.14. The summed E-state index contributed by atoms with van der Waals surface area (Å²) in [4.78, 5) is 0. The van der Waals surface area contributed by atoms with Crippen LogP contribution in [0.2, 0.25) is 5.02 Å². The van der Waals surface area contributed by atoms with Crippen LogP contribution >= 0.6 is 27.5 Å². The minimum absolute atomic E-state index is 0.288. The molecule has 112 valence electrons. The van der Waals surface area contributed by atoms with Crippen LogP contribution in [0.4, 0.5) is 10.1 Å². The average Bonchev–Trinajstić information content (AvgIpc) is 2.48. The molecule has 2 aromatic carbocycles. The van der Waals surface area contributed by atoms with Gasteiger partial charge in [-0.25, -0.2) is 4.39 Å². The smallest absolute Gasteiger partial charge is 0.143 e. The summed E-state index contributed by atoms with van der Waals surface area (Å²) in [5.74, 6) is 0.881. The lowest BCUT2D eigenvalue weighted by molar-refractivity contribution is 0.404. The summed E-state index contributed by atoms with van der Waals surface area (Å²) in [6, 6.07) is 8.30. The Hall–Kier alpha value is -1.46. The number of methoxy groups -OCH3 is 2. The zero-order valence-electron chi connectivity index (χ0n) is 11.5. The van der Waals surface area contributed by atoms with Gasteiger partial charge in [-0.1, -0.05) is 17.7 Å². The normalized spacial score (nSPS) is 10.3. The highest BCUT2D eigenvalue weighted by molar-refractivity contribution is 9.10. The van der Waals surface area contributed by atoms with E-state index >= 15 is 0 Å². The lowest BCUT2D eigenvalue weighted by Gasteiger charge is -2.14. The van der Waals surface area contributed by atoms with Crippen LogP contribution in [0, 0.1) is 5.82 Å². The first kappa shape index (κ1) is 15.9. The first-order valence-corrected chi connectivity index (χ1v) is 7.31. The van der Waals surface area contributed by atoms with Gasteiger partial charge in [0.1, 0.15) is 17.3 Å². The molecule has 0 aliphatic rings. The quantitative estimate of drug-likeness (QED) is 0.810. The Morgan fingerprint density at radius 1 is 1.14 bits per heavy atom. The topological polar surface area (TPSA) is 30.5 Å². The van der Waals surface area contributed by atoms with E-state index in [0.717, 1.165) is 11.3 Å². The fourth-order valence-electron chi connectivity index (χ4n) is 1.85. The number of halogens is 3. The molecule has 2 rings (SSSR count). The van der Waals surface area contributed by atoms with Crippen LogP contribution < -0.4 is 14.8 Å². The van der Waals surface area contributed by atoms with Gasteiger partial charge in [0.15, 0.2) is 0 Å². The Balaban J connectivity index is 2.20. The van der Waals surface area contributed by atoms with Crippen molar-refractivity contribution in [2.45, 2.75) is 6.54 Å². The van der Waals surface area contributed by atoms with E-state index < -0.39 is 0 Å². The van der Waals surface area contributed by atoms with Crippen molar-refractivity contribution in [3.8, 4) is 11.5 Å². The van der Waals surface area contributed by atoms with Crippen LogP contribution in [0.1, 0.15) is 5.56 Å². The molecule has 0 heterocycles. The molecule has 0 saturated heterocycles. The second kappa shape index (κ2) is 7.00. The van der Waals surface area contributed by atoms with Crippen LogP contribution in [-0.2, 0) is 6.54 Å². The molecule has 0 spiro atoms. The molecule has 0 aliphatic heterocycles. The Labute approximate surface area is 136 Å². The maximum absolute atomic E-state index is 13.2. The summed E-state index contributed by atoms with van der Waals surface area (Å²) < 4.78 is 24.1. The number of anilines is 1. The van der Waals surface area contributed by atoms with Gasteiger partial charge in [-0.15, -0.1) is 0 Å². The summed E-state index contributed by atoms with van der Waals surface area (Å²) in [5.41, 5.74) is 1.68. The number of hydrogen-bond donors (Lipinski definition) is 1. The van der Waals surface area contributed by atoms with Crippen molar-refractivity contribution in [3.05, 3.63) is 51.2 Å². The highest BCUT2D eigenvalue weighted by Gasteiger charge is 2.10. The predicted octanol–water partition coefficient (Wildman–Crippen LogP) is 4.87. The van der Waals surface area contributed by atoms with Crippen molar-refractivity contribution in [2.75, 3.05) is 19.5 Å². The van der Waals surface area contributed by atoms with Gasteiger partial charge in [0.05, 0.1) is 29.4 Å². The van der Waals surface area contributed by atoms with Crippen LogP contribution in [0.25, 0.3) is 0 Å². The maximum Gasteiger partial charge on any atom is 0.143 e. The van der Waals surface area contributed by atoms with Gasteiger partial charge in [0.25, 0.3) is 0 Å². The predicted molar refractivity (Wildman–Crippen MR) is 86.0 cm³/mol. The van der Waals surface area contributed by atoms with Gasteiger partial charge in [0, 0.05) is 18.7 Å². The number of benzene rings is 2. The highest BCUT2D eigenvalue weighted by atomic mass is 79.9. The minimum Gasteiger partial charge on any atom is -0.495 e. The molecule has 2 aromatic rings. The number of ether oxygens (including phenoxy) is 2. The SMILES string of the molecule is COc1cc(NCc2ccc(F)c(Br)c2)c(OC)cc1Cl. The Kier molecular flexibility index (Phi) is 5.31. The third kappa shape index (κ3) is 3.80. The molecule has 0 aliphatic carbocycles. The first-order chi connectivity index (χ1) is 10.0. The Bertz CT molecular complexity index is 652. The lowest BCUT2D eigenvalue weighted by Crippen LogP contribution is -2.02. The van der Waals surface area contributed by atoms with Crippen molar-refractivity contribution in [1.29, 1.82) is 0 Å². The van der Waals surface area contributed by atoms with Crippen LogP contribution in [-0.4, -0.2) is 14.2 Å². The van der Waals surface area contributed by atoms with Crippen LogP contribution in [0.5, 0.6) is 11.5 Å². The summed E-state index contributed by atoms with van der Waals surface area (Å²) >= 11 is 9.22. The molecule has 3 nitrogen and oxygen atoms in total. The molecule has 1 N–H and O–H groups in total. The maximum atomic E-state index is 13.2. The summed E-state index contributed by atoms with van der Waals surface area (Å²) in [5, 5.41) is 3.70. The van der Waals surface area contributed by atoms with Crippen LogP contribution in [0.15, 0.2) is 34.8 Å². The van der Waals surface area contributed by atoms with E-state index in [0.29, 0.717) is 27.5 Å². The Morgan fingerprint density at radius 3 is 2.48 bits per heavy atom. The molecule has 0 amide bonds. The zero-order valence-corrected chi connectivity index (χ0v) is 13.9. The monoisotopic (exact) mass is 373 g/mol. The standard InChI is InChI=1S/C15H14BrClFNO2/c1-20-14-7-13(15(21-2)6-11(14)17)19-8-9-3-4-12(18)10(16)5-9/h3-7,19H,8H2,1-2H3. The third-order valence-electron chi connectivity index (χ3n) is 2.94. The molecular formula is C15H14BrClFNO2. The molecule has 0 atom stereocenters. The molecule has 21 heavy (non-hydrogen) atoms. The second-order valence-corrected chi connectivity index (χ2v) is 5.55. The minimum atomic E-state index is -0.288. The van der Waals surface area contributed by atoms with Crippen molar-refractivity contribution >= 4 is 33.2 Å². The van der Waals surface area contributed by atoms with Gasteiger partial charge in [-0.2, -0.15) is 0 Å². The number of hydrogen-bond acceptors (Lipinski definition) is 3. The van der Waals surface area contributed by atoms with Gasteiger partial charge in [-0.3, -0.25) is 0 Å². The molecular weight excluding hydrogens is 361 g/mol. The van der Waals surface area contributed by atoms with E-state index in [9.17, 15) is 4.39 Å². The molecule has 0 aromatic heterocycles. The molecule has 0 unspecified atom stereocenters. The third-order valence-corrected chi connectivity index (χ3v) is 3.84. The highest BCUT2D eigenvalue weighted by Crippen LogP contribution is 2.36. The van der Waals surface area contributed by atoms with Gasteiger partial charge in [0.2, 0.25) is 0 Å². The van der Waals surface area contributed by atoms with Crippen molar-refractivity contribution in [2.24, 2.45) is 0 Å². The van der Waals surface area contributed by atoms with Gasteiger partial charge >= 0.3 is 0 Å². The molecule has 6 heteroatoms. The van der Waals surface area contributed by atoms with E-state index in [1.807, 2.05) is 0 Å². The number of rotatable bonds is 5. The van der Waals surface area contributed by atoms with E-state index in [1.165, 1.54) is 6.07 Å². The van der Waals surface area contributed by atoms with E-state index in [4.69, 9.17) is 21.1 Å². The van der Waals surface area contributed by atoms with Crippen molar-refractivity contribution in [1.82, 2.24) is 0 Å². The largest absolute Gasteiger partial charge is 0.495 e. The summed E-state index contributed by atoms with van der Waals surface area (Å²) in [6.07, 6.45) is 0. The summed E-state index contributed by atoms with van der Waals surface area (Å²) in [6.45, 7) is 0.514. The Morgan fingerprint density at radius 2 is 1.86 bits per heavy atom. The molecule has 0 fully saturated rings. The lowest BCUT2D eigenvalue weighted by atomic mass is 10.2. The average molecular weight is 375 g/mol. The van der Waals surface area contributed by atoms with Crippen LogP contribution in [0.3, 0.4) is 0 Å². The van der Waals surface area contributed by atoms with E-state index in [2.05, 4.69) is 21.2 Å². The molecule has 0 saturated carbocycles. The van der Waals surface area contributed by atoms with E-state index in [1.54, 1.807) is 38.5 Å². The second-order valence-electron chi connectivity index (χ2n) is 4.29. The zero-order chi connectivity index (χ0) is 15.4. The van der Waals surface area contributed by atoms with E-state index in [-0.39, 0.29) is 5.82 Å². The van der Waals surface area contributed by atoms with Gasteiger partial charge in [-0.05, 0) is 33.6 Å².